The molecule has 1 aromatic heterocycles. The third-order valence-electron chi connectivity index (χ3n) is 4.16. The van der Waals surface area contributed by atoms with Gasteiger partial charge in [0.05, 0.1) is 17.6 Å². The Labute approximate surface area is 151 Å². The highest BCUT2D eigenvalue weighted by atomic mass is 32.2. The summed E-state index contributed by atoms with van der Waals surface area (Å²) in [5.74, 6) is -0.0173. The monoisotopic (exact) mass is 377 g/mol. The van der Waals surface area contributed by atoms with Crippen molar-refractivity contribution in [3.63, 3.8) is 0 Å². The number of benzene rings is 1. The van der Waals surface area contributed by atoms with Crippen LogP contribution in [0.15, 0.2) is 47.8 Å². The second-order valence-corrected chi connectivity index (χ2v) is 7.72. The highest BCUT2D eigenvalue weighted by Crippen LogP contribution is 2.23. The number of sulfonamides is 1. The molecule has 0 bridgehead atoms. The number of esters is 1. The molecule has 1 fully saturated rings. The Morgan fingerprint density at radius 2 is 1.85 bits per heavy atom. The summed E-state index contributed by atoms with van der Waals surface area (Å²) in [4.78, 5) is 19.5. The van der Waals surface area contributed by atoms with Crippen LogP contribution in [0.25, 0.3) is 0 Å². The highest BCUT2D eigenvalue weighted by Gasteiger charge is 2.30. The zero-order valence-electron chi connectivity index (χ0n) is 14.2. The first kappa shape index (κ1) is 18.3. The molecular weight excluding hydrogens is 358 g/mol. The van der Waals surface area contributed by atoms with E-state index in [1.807, 2.05) is 0 Å². The zero-order valence-corrected chi connectivity index (χ0v) is 15.1. The SMILES string of the molecule is COC(=O)c1ccc(S(=O)(=O)N2CCC(Oc3ccncn3)CC2)cc1. The Kier molecular flexibility index (Phi) is 5.48. The van der Waals surface area contributed by atoms with Gasteiger partial charge in [-0.1, -0.05) is 0 Å². The minimum Gasteiger partial charge on any atom is -0.474 e. The molecule has 2 heterocycles. The molecule has 1 aliphatic heterocycles. The average Bonchev–Trinajstić information content (AvgIpc) is 2.68. The molecule has 9 heteroatoms. The molecule has 138 valence electrons. The molecule has 3 rings (SSSR count). The van der Waals surface area contributed by atoms with Gasteiger partial charge in [-0.05, 0) is 37.1 Å². The molecule has 0 saturated carbocycles. The fraction of sp³-hybridized carbons (Fsp3) is 0.353. The lowest BCUT2D eigenvalue weighted by Gasteiger charge is -2.31. The van der Waals surface area contributed by atoms with Crippen LogP contribution < -0.4 is 4.74 Å². The normalized spacial score (nSPS) is 16.2. The number of carbonyl (C=O) groups is 1. The van der Waals surface area contributed by atoms with Crippen molar-refractivity contribution in [2.45, 2.75) is 23.8 Å². The van der Waals surface area contributed by atoms with Crippen molar-refractivity contribution < 1.29 is 22.7 Å². The van der Waals surface area contributed by atoms with Crippen LogP contribution in [0, 0.1) is 0 Å². The van der Waals surface area contributed by atoms with E-state index in [0.29, 0.717) is 37.4 Å². The predicted octanol–water partition coefficient (Wildman–Crippen LogP) is 1.50. The van der Waals surface area contributed by atoms with Crippen LogP contribution in [-0.2, 0) is 14.8 Å². The smallest absolute Gasteiger partial charge is 0.337 e. The van der Waals surface area contributed by atoms with Gasteiger partial charge in [0, 0.05) is 25.4 Å². The van der Waals surface area contributed by atoms with Crippen LogP contribution in [0.3, 0.4) is 0 Å². The van der Waals surface area contributed by atoms with E-state index in [1.54, 1.807) is 12.3 Å². The van der Waals surface area contributed by atoms with Gasteiger partial charge in [-0.3, -0.25) is 0 Å². The van der Waals surface area contributed by atoms with Gasteiger partial charge in [0.15, 0.2) is 0 Å². The van der Waals surface area contributed by atoms with Crippen molar-refractivity contribution in [3.05, 3.63) is 48.4 Å². The van der Waals surface area contributed by atoms with E-state index in [2.05, 4.69) is 14.7 Å². The molecule has 0 N–H and O–H groups in total. The molecule has 0 spiro atoms. The maximum atomic E-state index is 12.8. The summed E-state index contributed by atoms with van der Waals surface area (Å²) in [6, 6.07) is 7.41. The Balaban J connectivity index is 1.63. The van der Waals surface area contributed by atoms with Gasteiger partial charge in [0.1, 0.15) is 12.4 Å². The maximum Gasteiger partial charge on any atom is 0.337 e. The van der Waals surface area contributed by atoms with E-state index in [4.69, 9.17) is 4.74 Å². The van der Waals surface area contributed by atoms with Crippen molar-refractivity contribution in [1.29, 1.82) is 0 Å². The average molecular weight is 377 g/mol. The van der Waals surface area contributed by atoms with Crippen LogP contribution in [0.4, 0.5) is 0 Å². The number of rotatable bonds is 5. The number of piperidine rings is 1. The Morgan fingerprint density at radius 3 is 2.42 bits per heavy atom. The molecule has 2 aromatic rings. The molecule has 0 radical (unpaired) electrons. The first-order valence-electron chi connectivity index (χ1n) is 8.12. The predicted molar refractivity (Wildman–Crippen MR) is 92.2 cm³/mol. The van der Waals surface area contributed by atoms with Gasteiger partial charge < -0.3 is 9.47 Å². The number of ether oxygens (including phenoxy) is 2. The number of hydrogen-bond donors (Lipinski definition) is 0. The van der Waals surface area contributed by atoms with E-state index in [-0.39, 0.29) is 11.0 Å². The summed E-state index contributed by atoms with van der Waals surface area (Å²) >= 11 is 0. The molecule has 0 atom stereocenters. The third-order valence-corrected chi connectivity index (χ3v) is 6.07. The molecule has 0 amide bonds. The molecule has 1 aliphatic rings. The molecule has 0 aliphatic carbocycles. The van der Waals surface area contributed by atoms with Crippen molar-refractivity contribution >= 4 is 16.0 Å². The van der Waals surface area contributed by atoms with Gasteiger partial charge in [0.25, 0.3) is 0 Å². The van der Waals surface area contributed by atoms with E-state index in [9.17, 15) is 13.2 Å². The minimum atomic E-state index is -3.61. The van der Waals surface area contributed by atoms with Crippen molar-refractivity contribution in [2.75, 3.05) is 20.2 Å². The summed E-state index contributed by atoms with van der Waals surface area (Å²) in [7, 11) is -2.33. The van der Waals surface area contributed by atoms with Crippen molar-refractivity contribution in [1.82, 2.24) is 14.3 Å². The van der Waals surface area contributed by atoms with E-state index < -0.39 is 16.0 Å². The van der Waals surface area contributed by atoms with Gasteiger partial charge >= 0.3 is 5.97 Å². The first-order chi connectivity index (χ1) is 12.5. The molecule has 1 aromatic carbocycles. The Morgan fingerprint density at radius 1 is 1.15 bits per heavy atom. The van der Waals surface area contributed by atoms with Crippen molar-refractivity contribution in [2.24, 2.45) is 0 Å². The van der Waals surface area contributed by atoms with Gasteiger partial charge in [-0.2, -0.15) is 4.31 Å². The van der Waals surface area contributed by atoms with Crippen LogP contribution in [0.5, 0.6) is 5.88 Å². The summed E-state index contributed by atoms with van der Waals surface area (Å²) in [6.45, 7) is 0.716. The van der Waals surface area contributed by atoms with Crippen molar-refractivity contribution in [3.8, 4) is 5.88 Å². The number of aromatic nitrogens is 2. The second-order valence-electron chi connectivity index (χ2n) is 5.78. The number of hydrogen-bond acceptors (Lipinski definition) is 7. The van der Waals surface area contributed by atoms with Crippen LogP contribution >= 0.6 is 0 Å². The lowest BCUT2D eigenvalue weighted by atomic mass is 10.1. The molecule has 0 unspecified atom stereocenters. The van der Waals surface area contributed by atoms with Crippen LogP contribution in [0.1, 0.15) is 23.2 Å². The summed E-state index contributed by atoms with van der Waals surface area (Å²) in [5, 5.41) is 0. The van der Waals surface area contributed by atoms with Gasteiger partial charge in [0.2, 0.25) is 15.9 Å². The number of nitrogens with zero attached hydrogens (tertiary/aromatic N) is 3. The zero-order chi connectivity index (χ0) is 18.6. The fourth-order valence-corrected chi connectivity index (χ4v) is 4.21. The molecule has 26 heavy (non-hydrogen) atoms. The first-order valence-corrected chi connectivity index (χ1v) is 9.56. The molecule has 8 nitrogen and oxygen atoms in total. The van der Waals surface area contributed by atoms with E-state index in [1.165, 1.54) is 42.0 Å². The standard InChI is InChI=1S/C17H19N3O5S/c1-24-17(21)13-2-4-15(5-3-13)26(22,23)20-10-7-14(8-11-20)25-16-6-9-18-12-19-16/h2-6,9,12,14H,7-8,10-11H2,1H3. The van der Waals surface area contributed by atoms with Crippen LogP contribution in [0.2, 0.25) is 0 Å². The molecular formula is C17H19N3O5S. The number of carbonyl (C=O) groups excluding carboxylic acids is 1. The minimum absolute atomic E-state index is 0.0851. The largest absolute Gasteiger partial charge is 0.474 e. The van der Waals surface area contributed by atoms with Gasteiger partial charge in [-0.15, -0.1) is 0 Å². The number of methoxy groups -OCH3 is 1. The van der Waals surface area contributed by atoms with E-state index in [0.717, 1.165) is 0 Å². The Hall–Kier alpha value is -2.52. The second kappa shape index (κ2) is 7.79. The molecule has 1 saturated heterocycles. The lowest BCUT2D eigenvalue weighted by molar-refractivity contribution is 0.0600. The quantitative estimate of drug-likeness (QED) is 0.728. The summed E-state index contributed by atoms with van der Waals surface area (Å²) in [5.41, 5.74) is 0.309. The Bertz CT molecular complexity index is 848. The summed E-state index contributed by atoms with van der Waals surface area (Å²) < 4.78 is 37.3. The van der Waals surface area contributed by atoms with Gasteiger partial charge in [-0.25, -0.2) is 23.2 Å². The maximum absolute atomic E-state index is 12.8. The topological polar surface area (TPSA) is 98.7 Å². The third kappa shape index (κ3) is 4.00. The van der Waals surface area contributed by atoms with E-state index >= 15 is 0 Å². The summed E-state index contributed by atoms with van der Waals surface area (Å²) in [6.07, 6.45) is 4.07. The lowest BCUT2D eigenvalue weighted by Crippen LogP contribution is -2.41. The fourth-order valence-electron chi connectivity index (χ4n) is 2.74. The highest BCUT2D eigenvalue weighted by molar-refractivity contribution is 7.89. The van der Waals surface area contributed by atoms with Crippen LogP contribution in [-0.4, -0.2) is 55.0 Å².